The quantitative estimate of drug-likeness (QED) is 0.522. The zero-order chi connectivity index (χ0) is 11.6. The van der Waals surface area contributed by atoms with Gasteiger partial charge < -0.3 is 9.41 Å². The molecule has 1 unspecified atom stereocenters. The fraction of sp³-hybridized carbons (Fsp3) is 1.00. The van der Waals surface area contributed by atoms with Crippen LogP contribution in [0.3, 0.4) is 0 Å². The summed E-state index contributed by atoms with van der Waals surface area (Å²) in [7, 11) is 0.820. The summed E-state index contributed by atoms with van der Waals surface area (Å²) in [6.07, 6.45) is 11.3. The van der Waals surface area contributed by atoms with Gasteiger partial charge in [-0.05, 0) is 31.3 Å². The van der Waals surface area contributed by atoms with Crippen LogP contribution in [0.5, 0.6) is 0 Å². The van der Waals surface area contributed by atoms with Gasteiger partial charge in [-0.15, -0.1) is 0 Å². The highest BCUT2D eigenvalue weighted by Gasteiger charge is 2.16. The minimum absolute atomic E-state index is 1.01. The van der Waals surface area contributed by atoms with Crippen molar-refractivity contribution in [1.82, 2.24) is 4.98 Å². The minimum Gasteiger partial charge on any atom is -0.409 e. The van der Waals surface area contributed by atoms with Crippen LogP contribution < -0.4 is 4.98 Å². The molecule has 1 N–H and O–H groups in total. The third kappa shape index (κ3) is 6.02. The van der Waals surface area contributed by atoms with Gasteiger partial charge in [0, 0.05) is 7.11 Å². The second-order valence-electron chi connectivity index (χ2n) is 5.11. The molecule has 3 heteroatoms. The lowest BCUT2D eigenvalue weighted by molar-refractivity contribution is 0.338. The van der Waals surface area contributed by atoms with Gasteiger partial charge in [-0.1, -0.05) is 45.4 Å². The van der Waals surface area contributed by atoms with Crippen molar-refractivity contribution in [3.05, 3.63) is 0 Å². The Kier molecular flexibility index (Phi) is 8.16. The van der Waals surface area contributed by atoms with Crippen molar-refractivity contribution in [3.8, 4) is 0 Å². The van der Waals surface area contributed by atoms with Crippen LogP contribution in [0.4, 0.5) is 0 Å². The number of rotatable bonds is 8. The summed E-state index contributed by atoms with van der Waals surface area (Å²) in [6, 6.07) is 1.32. The summed E-state index contributed by atoms with van der Waals surface area (Å²) in [5, 5.41) is 0. The van der Waals surface area contributed by atoms with E-state index in [1.165, 1.54) is 57.4 Å². The maximum Gasteiger partial charge on any atom is 0.251 e. The molecule has 0 aromatic carbocycles. The third-order valence-corrected chi connectivity index (χ3v) is 5.92. The molecule has 1 rings (SSSR count). The Hall–Kier alpha value is 0.137. The maximum absolute atomic E-state index is 5.62. The highest BCUT2D eigenvalue weighted by Crippen LogP contribution is 2.27. The van der Waals surface area contributed by atoms with Crippen molar-refractivity contribution >= 4 is 9.20 Å². The average molecular weight is 243 g/mol. The highest BCUT2D eigenvalue weighted by molar-refractivity contribution is 6.48. The second-order valence-corrected chi connectivity index (χ2v) is 7.55. The van der Waals surface area contributed by atoms with Crippen LogP contribution in [0.25, 0.3) is 0 Å². The molecule has 1 aliphatic carbocycles. The summed E-state index contributed by atoms with van der Waals surface area (Å²) in [5.41, 5.74) is 0. The number of hydrogen-bond acceptors (Lipinski definition) is 2. The smallest absolute Gasteiger partial charge is 0.251 e. The summed E-state index contributed by atoms with van der Waals surface area (Å²) in [4.78, 5) is 3.63. The van der Waals surface area contributed by atoms with Crippen LogP contribution in [0, 0.1) is 5.92 Å². The van der Waals surface area contributed by atoms with E-state index in [0.29, 0.717) is 0 Å². The molecular formula is C13H29NOSi. The molecule has 1 fully saturated rings. The second kappa shape index (κ2) is 9.20. The first kappa shape index (κ1) is 14.2. The zero-order valence-corrected chi connectivity index (χ0v) is 12.3. The Labute approximate surface area is 103 Å². The molecule has 0 aromatic rings. The van der Waals surface area contributed by atoms with Gasteiger partial charge in [0.1, 0.15) is 0 Å². The van der Waals surface area contributed by atoms with Crippen molar-refractivity contribution in [2.75, 3.05) is 13.7 Å². The van der Waals surface area contributed by atoms with Crippen molar-refractivity contribution in [1.29, 1.82) is 0 Å². The molecule has 2 nitrogen and oxygen atoms in total. The summed E-state index contributed by atoms with van der Waals surface area (Å²) in [6.45, 7) is 3.40. The van der Waals surface area contributed by atoms with E-state index in [4.69, 9.17) is 4.43 Å². The summed E-state index contributed by atoms with van der Waals surface area (Å²) < 4.78 is 5.62. The van der Waals surface area contributed by atoms with Gasteiger partial charge in [-0.2, -0.15) is 0 Å². The lowest BCUT2D eigenvalue weighted by atomic mass is 9.88. The van der Waals surface area contributed by atoms with E-state index in [0.717, 1.165) is 12.5 Å². The van der Waals surface area contributed by atoms with Crippen LogP contribution >= 0.6 is 0 Å². The van der Waals surface area contributed by atoms with Gasteiger partial charge in [0.05, 0.1) is 0 Å². The molecular weight excluding hydrogens is 214 g/mol. The molecule has 0 aliphatic heterocycles. The van der Waals surface area contributed by atoms with Crippen molar-refractivity contribution < 1.29 is 4.43 Å². The van der Waals surface area contributed by atoms with E-state index in [1.54, 1.807) is 0 Å². The van der Waals surface area contributed by atoms with E-state index in [9.17, 15) is 0 Å². The van der Waals surface area contributed by atoms with Gasteiger partial charge in [0.25, 0.3) is 9.20 Å². The first-order chi connectivity index (χ1) is 7.86. The predicted molar refractivity (Wildman–Crippen MR) is 73.1 cm³/mol. The van der Waals surface area contributed by atoms with E-state index in [2.05, 4.69) is 11.9 Å². The Bertz CT molecular complexity index is 160. The molecule has 1 atom stereocenters. The standard InChI is InChI=1S/C13H29NOSi/c1-3-4-11-14-16(15-2)12-10-13-8-6-5-7-9-13/h13-14,16H,3-12H2,1-2H3. The predicted octanol–water partition coefficient (Wildman–Crippen LogP) is 3.21. The average Bonchev–Trinajstić information content (AvgIpc) is 2.35. The molecule has 0 heterocycles. The zero-order valence-electron chi connectivity index (χ0n) is 11.1. The summed E-state index contributed by atoms with van der Waals surface area (Å²) in [5.74, 6) is 1.01. The van der Waals surface area contributed by atoms with Crippen LogP contribution in [0.1, 0.15) is 58.3 Å². The van der Waals surface area contributed by atoms with Crippen LogP contribution in [-0.2, 0) is 4.43 Å². The number of unbranched alkanes of at least 4 members (excludes halogenated alkanes) is 1. The molecule has 0 aromatic heterocycles. The van der Waals surface area contributed by atoms with Crippen molar-refractivity contribution in [2.45, 2.75) is 64.3 Å². The van der Waals surface area contributed by atoms with Crippen LogP contribution in [-0.4, -0.2) is 22.9 Å². The molecule has 96 valence electrons. The molecule has 0 saturated heterocycles. The van der Waals surface area contributed by atoms with Gasteiger partial charge in [0.2, 0.25) is 0 Å². The molecule has 0 amide bonds. The van der Waals surface area contributed by atoms with Crippen LogP contribution in [0.2, 0.25) is 6.04 Å². The Morgan fingerprint density at radius 1 is 1.25 bits per heavy atom. The van der Waals surface area contributed by atoms with E-state index < -0.39 is 9.20 Å². The van der Waals surface area contributed by atoms with Gasteiger partial charge in [0.15, 0.2) is 0 Å². The van der Waals surface area contributed by atoms with Gasteiger partial charge in [-0.25, -0.2) is 0 Å². The van der Waals surface area contributed by atoms with Gasteiger partial charge in [-0.3, -0.25) is 0 Å². The molecule has 16 heavy (non-hydrogen) atoms. The first-order valence-corrected chi connectivity index (χ1v) is 8.99. The molecule has 1 aliphatic rings. The molecule has 0 spiro atoms. The normalized spacial score (nSPS) is 19.9. The fourth-order valence-corrected chi connectivity index (χ4v) is 4.51. The number of hydrogen-bond donors (Lipinski definition) is 1. The van der Waals surface area contributed by atoms with E-state index >= 15 is 0 Å². The van der Waals surface area contributed by atoms with Crippen LogP contribution in [0.15, 0.2) is 0 Å². The maximum atomic E-state index is 5.62. The SMILES string of the molecule is CCCCN[SiH](CCC1CCCCC1)OC. The summed E-state index contributed by atoms with van der Waals surface area (Å²) >= 11 is 0. The largest absolute Gasteiger partial charge is 0.409 e. The lowest BCUT2D eigenvalue weighted by Gasteiger charge is -2.23. The van der Waals surface area contributed by atoms with Gasteiger partial charge >= 0.3 is 0 Å². The molecule has 1 saturated carbocycles. The Morgan fingerprint density at radius 3 is 2.62 bits per heavy atom. The van der Waals surface area contributed by atoms with E-state index in [-0.39, 0.29) is 0 Å². The third-order valence-electron chi connectivity index (χ3n) is 3.75. The van der Waals surface area contributed by atoms with Crippen molar-refractivity contribution in [2.24, 2.45) is 5.92 Å². The Balaban J connectivity index is 2.07. The number of nitrogens with one attached hydrogen (secondary N) is 1. The highest BCUT2D eigenvalue weighted by atomic mass is 28.3. The van der Waals surface area contributed by atoms with E-state index in [1.807, 2.05) is 7.11 Å². The minimum atomic E-state index is -1.07. The molecule has 0 bridgehead atoms. The molecule has 0 radical (unpaired) electrons. The topological polar surface area (TPSA) is 21.3 Å². The Morgan fingerprint density at radius 2 is 2.00 bits per heavy atom. The fourth-order valence-electron chi connectivity index (χ4n) is 2.61. The van der Waals surface area contributed by atoms with Crippen molar-refractivity contribution in [3.63, 3.8) is 0 Å². The first-order valence-electron chi connectivity index (χ1n) is 7.13. The monoisotopic (exact) mass is 243 g/mol. The lowest BCUT2D eigenvalue weighted by Crippen LogP contribution is -2.37.